The Labute approximate surface area is 72.4 Å². The molecule has 0 unspecified atom stereocenters. The van der Waals surface area contributed by atoms with Crippen LogP contribution in [-0.4, -0.2) is 21.6 Å². The van der Waals surface area contributed by atoms with Gasteiger partial charge < -0.3 is 5.11 Å². The Morgan fingerprint density at radius 2 is 2.09 bits per heavy atom. The number of carbonyl (C=O) groups is 1. The van der Waals surface area contributed by atoms with Crippen LogP contribution in [0.5, 0.6) is 0 Å². The van der Waals surface area contributed by atoms with Gasteiger partial charge in [0.1, 0.15) is 0 Å². The fraction of sp³-hybridized carbons (Fsp3) is 0.875. The van der Waals surface area contributed by atoms with E-state index in [1.165, 1.54) is 11.8 Å². The fourth-order valence-electron chi connectivity index (χ4n) is 0.931. The predicted octanol–water partition coefficient (Wildman–Crippen LogP) is 2.38. The van der Waals surface area contributed by atoms with Crippen molar-refractivity contribution in [2.24, 2.45) is 0 Å². The van der Waals surface area contributed by atoms with E-state index in [1.807, 2.05) is 0 Å². The molecule has 0 aromatic heterocycles. The summed E-state index contributed by atoms with van der Waals surface area (Å²) in [4.78, 5) is 10.2. The minimum absolute atomic E-state index is 0.118. The summed E-state index contributed by atoms with van der Waals surface area (Å²) in [5, 5.41) is 8.42. The summed E-state index contributed by atoms with van der Waals surface area (Å²) in [6.45, 7) is 6.29. The van der Waals surface area contributed by atoms with Crippen LogP contribution in [0.15, 0.2) is 0 Å². The molecule has 0 aliphatic rings. The van der Waals surface area contributed by atoms with Crippen LogP contribution in [0.25, 0.3) is 0 Å². The fourth-order valence-corrected chi connectivity index (χ4v) is 1.79. The number of aliphatic carboxylic acids is 1. The molecule has 0 atom stereocenters. The van der Waals surface area contributed by atoms with Crippen molar-refractivity contribution >= 4 is 17.7 Å². The van der Waals surface area contributed by atoms with Gasteiger partial charge >= 0.3 is 5.97 Å². The molecule has 0 spiro atoms. The summed E-state index contributed by atoms with van der Waals surface area (Å²) >= 11 is 1.51. The number of carboxylic acid groups (broad SMARTS) is 1. The van der Waals surface area contributed by atoms with Gasteiger partial charge in [-0.1, -0.05) is 27.2 Å². The molecule has 0 heterocycles. The molecule has 1 N–H and O–H groups in total. The third-order valence-corrected chi connectivity index (χ3v) is 2.82. The van der Waals surface area contributed by atoms with Gasteiger partial charge in [0.2, 0.25) is 0 Å². The molecule has 0 saturated heterocycles. The summed E-state index contributed by atoms with van der Waals surface area (Å²) in [5.74, 6) is -0.508. The lowest BCUT2D eigenvalue weighted by Crippen LogP contribution is -2.17. The van der Waals surface area contributed by atoms with Gasteiger partial charge in [-0.2, -0.15) is 0 Å². The molecular formula is C8H16O2S. The Hall–Kier alpha value is -0.180. The summed E-state index contributed by atoms with van der Waals surface area (Å²) in [5.41, 5.74) is 0. The molecule has 0 aromatic carbocycles. The zero-order valence-corrected chi connectivity index (χ0v) is 8.20. The Balaban J connectivity index is 3.63. The SMILES string of the molecule is CCCC(C)(C)SCC(=O)O. The molecule has 11 heavy (non-hydrogen) atoms. The molecule has 0 rings (SSSR count). The van der Waals surface area contributed by atoms with E-state index in [2.05, 4.69) is 20.8 Å². The maximum absolute atomic E-state index is 10.2. The summed E-state index contributed by atoms with van der Waals surface area (Å²) in [6.07, 6.45) is 2.19. The Morgan fingerprint density at radius 3 is 2.45 bits per heavy atom. The lowest BCUT2D eigenvalue weighted by Gasteiger charge is -2.21. The number of thioether (sulfide) groups is 1. The van der Waals surface area contributed by atoms with Gasteiger partial charge in [-0.25, -0.2) is 0 Å². The molecule has 0 amide bonds. The first-order valence-corrected chi connectivity index (χ1v) is 4.82. The molecule has 2 nitrogen and oxygen atoms in total. The molecule has 0 radical (unpaired) electrons. The highest BCUT2D eigenvalue weighted by Crippen LogP contribution is 2.28. The monoisotopic (exact) mass is 176 g/mol. The number of hydrogen-bond acceptors (Lipinski definition) is 2. The molecule has 0 aromatic rings. The first-order chi connectivity index (χ1) is 4.98. The highest BCUT2D eigenvalue weighted by Gasteiger charge is 2.17. The highest BCUT2D eigenvalue weighted by molar-refractivity contribution is 8.01. The summed E-state index contributed by atoms with van der Waals surface area (Å²) < 4.78 is 0.118. The van der Waals surface area contributed by atoms with Crippen molar-refractivity contribution in [2.75, 3.05) is 5.75 Å². The van der Waals surface area contributed by atoms with Gasteiger partial charge in [0, 0.05) is 4.75 Å². The third kappa shape index (κ3) is 6.23. The van der Waals surface area contributed by atoms with Crippen LogP contribution in [0.4, 0.5) is 0 Å². The molecule has 0 aliphatic heterocycles. The van der Waals surface area contributed by atoms with Crippen molar-refractivity contribution in [3.63, 3.8) is 0 Å². The number of rotatable bonds is 5. The predicted molar refractivity (Wildman–Crippen MR) is 49.1 cm³/mol. The van der Waals surface area contributed by atoms with E-state index in [0.29, 0.717) is 0 Å². The van der Waals surface area contributed by atoms with Crippen LogP contribution < -0.4 is 0 Å². The Bertz CT molecular complexity index is 132. The first kappa shape index (κ1) is 10.8. The topological polar surface area (TPSA) is 37.3 Å². The Kier molecular flexibility index (Phi) is 4.57. The van der Waals surface area contributed by atoms with Crippen molar-refractivity contribution in [2.45, 2.75) is 38.4 Å². The minimum Gasteiger partial charge on any atom is -0.481 e. The van der Waals surface area contributed by atoms with Gasteiger partial charge in [-0.05, 0) is 6.42 Å². The van der Waals surface area contributed by atoms with E-state index < -0.39 is 5.97 Å². The van der Waals surface area contributed by atoms with Crippen molar-refractivity contribution in [1.82, 2.24) is 0 Å². The van der Waals surface area contributed by atoms with Crippen LogP contribution >= 0.6 is 11.8 Å². The number of hydrogen-bond donors (Lipinski definition) is 1. The molecular weight excluding hydrogens is 160 g/mol. The highest BCUT2D eigenvalue weighted by atomic mass is 32.2. The summed E-state index contributed by atoms with van der Waals surface area (Å²) in [7, 11) is 0. The molecule has 0 saturated carbocycles. The second-order valence-electron chi connectivity index (χ2n) is 3.19. The van der Waals surface area contributed by atoms with Crippen LogP contribution in [0.1, 0.15) is 33.6 Å². The quantitative estimate of drug-likeness (QED) is 0.698. The average Bonchev–Trinajstić information content (AvgIpc) is 1.84. The Morgan fingerprint density at radius 1 is 1.55 bits per heavy atom. The van der Waals surface area contributed by atoms with Gasteiger partial charge in [-0.3, -0.25) is 4.79 Å². The van der Waals surface area contributed by atoms with Crippen LogP contribution in [0.3, 0.4) is 0 Å². The van der Waals surface area contributed by atoms with Gasteiger partial charge in [0.15, 0.2) is 0 Å². The maximum atomic E-state index is 10.2. The number of carboxylic acids is 1. The zero-order valence-electron chi connectivity index (χ0n) is 7.39. The smallest absolute Gasteiger partial charge is 0.313 e. The molecule has 0 aliphatic carbocycles. The zero-order chi connectivity index (χ0) is 8.91. The van der Waals surface area contributed by atoms with Crippen LogP contribution in [0, 0.1) is 0 Å². The second-order valence-corrected chi connectivity index (χ2v) is 4.87. The van der Waals surface area contributed by atoms with E-state index in [-0.39, 0.29) is 10.5 Å². The first-order valence-electron chi connectivity index (χ1n) is 3.83. The largest absolute Gasteiger partial charge is 0.481 e. The third-order valence-electron chi connectivity index (χ3n) is 1.44. The van der Waals surface area contributed by atoms with E-state index >= 15 is 0 Å². The van der Waals surface area contributed by atoms with E-state index in [4.69, 9.17) is 5.11 Å². The molecule has 0 bridgehead atoms. The van der Waals surface area contributed by atoms with E-state index in [9.17, 15) is 4.79 Å². The molecule has 0 fully saturated rings. The molecule has 3 heteroatoms. The van der Waals surface area contributed by atoms with Gasteiger partial charge in [0.05, 0.1) is 5.75 Å². The maximum Gasteiger partial charge on any atom is 0.313 e. The lowest BCUT2D eigenvalue weighted by atomic mass is 10.1. The lowest BCUT2D eigenvalue weighted by molar-refractivity contribution is -0.133. The second kappa shape index (κ2) is 4.65. The van der Waals surface area contributed by atoms with E-state index in [0.717, 1.165) is 12.8 Å². The minimum atomic E-state index is -0.723. The van der Waals surface area contributed by atoms with Crippen molar-refractivity contribution < 1.29 is 9.90 Å². The van der Waals surface area contributed by atoms with Crippen molar-refractivity contribution in [3.05, 3.63) is 0 Å². The van der Waals surface area contributed by atoms with E-state index in [1.54, 1.807) is 0 Å². The van der Waals surface area contributed by atoms with Crippen LogP contribution in [0.2, 0.25) is 0 Å². The standard InChI is InChI=1S/C8H16O2S/c1-4-5-8(2,3)11-6-7(9)10/h4-6H2,1-3H3,(H,9,10). The van der Waals surface area contributed by atoms with Gasteiger partial charge in [-0.15, -0.1) is 11.8 Å². The van der Waals surface area contributed by atoms with Crippen LogP contribution in [-0.2, 0) is 4.79 Å². The van der Waals surface area contributed by atoms with Crippen molar-refractivity contribution in [1.29, 1.82) is 0 Å². The average molecular weight is 176 g/mol. The summed E-state index contributed by atoms with van der Waals surface area (Å²) in [6, 6.07) is 0. The normalized spacial score (nSPS) is 11.5. The molecule has 66 valence electrons. The van der Waals surface area contributed by atoms with Crippen molar-refractivity contribution in [3.8, 4) is 0 Å². The van der Waals surface area contributed by atoms with Gasteiger partial charge in [0.25, 0.3) is 0 Å².